The van der Waals surface area contributed by atoms with Crippen molar-refractivity contribution in [3.05, 3.63) is 118 Å². The summed E-state index contributed by atoms with van der Waals surface area (Å²) in [5.74, 6) is 0.654. The lowest BCUT2D eigenvalue weighted by atomic mass is 9.93. The van der Waals surface area contributed by atoms with Crippen LogP contribution in [-0.2, 0) is 11.2 Å². The molecule has 0 atom stereocenters. The van der Waals surface area contributed by atoms with E-state index in [-0.39, 0.29) is 52.1 Å². The molecule has 1 saturated carbocycles. The Kier molecular flexibility index (Phi) is 10.5. The highest BCUT2D eigenvalue weighted by molar-refractivity contribution is 6.33. The van der Waals surface area contributed by atoms with Crippen LogP contribution in [0.3, 0.4) is 0 Å². The van der Waals surface area contributed by atoms with Crippen molar-refractivity contribution in [2.75, 3.05) is 10.6 Å². The first-order chi connectivity index (χ1) is 23.7. The lowest BCUT2D eigenvalue weighted by Gasteiger charge is -2.29. The maximum Gasteiger partial charge on any atom is 0.337 e. The van der Waals surface area contributed by atoms with Gasteiger partial charge >= 0.3 is 12.0 Å². The number of pyridine rings is 1. The molecule has 1 aliphatic rings. The van der Waals surface area contributed by atoms with E-state index in [9.17, 15) is 19.5 Å². The van der Waals surface area contributed by atoms with E-state index >= 15 is 0 Å². The summed E-state index contributed by atoms with van der Waals surface area (Å²) in [4.78, 5) is 40.3. The molecule has 12 heteroatoms. The van der Waals surface area contributed by atoms with Gasteiger partial charge < -0.3 is 30.5 Å². The third-order valence-electron chi connectivity index (χ3n) is 8.07. The molecule has 5 aromatic rings. The zero-order chi connectivity index (χ0) is 34.3. The first-order valence-corrected chi connectivity index (χ1v) is 16.4. The molecule has 1 fully saturated rings. The molecule has 49 heavy (non-hydrogen) atoms. The summed E-state index contributed by atoms with van der Waals surface area (Å²) in [6.45, 7) is 0. The van der Waals surface area contributed by atoms with Crippen molar-refractivity contribution < 1.29 is 29.0 Å². The largest absolute Gasteiger partial charge is 0.490 e. The molecule has 0 radical (unpaired) electrons. The van der Waals surface area contributed by atoms with Gasteiger partial charge in [-0.3, -0.25) is 4.79 Å². The van der Waals surface area contributed by atoms with E-state index in [0.29, 0.717) is 17.2 Å². The molecule has 1 aliphatic carbocycles. The topological polar surface area (TPSA) is 139 Å². The molecule has 1 aromatic heterocycles. The van der Waals surface area contributed by atoms with E-state index < -0.39 is 5.97 Å². The molecule has 0 bridgehead atoms. The Labute approximate surface area is 292 Å². The first kappa shape index (κ1) is 33.6. The summed E-state index contributed by atoms with van der Waals surface area (Å²) < 4.78 is 12.4. The Morgan fingerprint density at radius 1 is 0.755 bits per heavy atom. The molecular formula is C37H32Cl2N4O6. The fourth-order valence-corrected chi connectivity index (χ4v) is 6.18. The zero-order valence-corrected chi connectivity index (χ0v) is 27.6. The quantitative estimate of drug-likeness (QED) is 0.107. The summed E-state index contributed by atoms with van der Waals surface area (Å²) in [5, 5.41) is 20.2. The van der Waals surface area contributed by atoms with Crippen molar-refractivity contribution in [2.45, 2.75) is 44.2 Å². The molecule has 6 rings (SSSR count). The monoisotopic (exact) mass is 698 g/mol. The average molecular weight is 700 g/mol. The lowest BCUT2D eigenvalue weighted by molar-refractivity contribution is -0.115. The van der Waals surface area contributed by atoms with Crippen LogP contribution >= 0.6 is 23.2 Å². The highest BCUT2D eigenvalue weighted by Gasteiger charge is 2.24. The van der Waals surface area contributed by atoms with Gasteiger partial charge in [-0.25, -0.2) is 14.6 Å². The molecule has 4 aromatic carbocycles. The third-order valence-corrected chi connectivity index (χ3v) is 8.46. The third kappa shape index (κ3) is 9.19. The fraction of sp³-hybridized carbons (Fsp3) is 0.189. The number of nitrogens with zero attached hydrogens (tertiary/aromatic N) is 1. The number of fused-ring (bicyclic) bond motifs is 1. The van der Waals surface area contributed by atoms with E-state index in [1.54, 1.807) is 42.5 Å². The number of anilines is 2. The predicted octanol–water partition coefficient (Wildman–Crippen LogP) is 8.73. The van der Waals surface area contributed by atoms with Crippen molar-refractivity contribution >= 4 is 63.3 Å². The molecule has 10 nitrogen and oxygen atoms in total. The number of ether oxygens (including phenoxy) is 2. The van der Waals surface area contributed by atoms with Crippen LogP contribution in [0.4, 0.5) is 16.2 Å². The van der Waals surface area contributed by atoms with Crippen molar-refractivity contribution in [1.82, 2.24) is 10.3 Å². The maximum atomic E-state index is 12.5. The number of rotatable bonds is 10. The minimum Gasteiger partial charge on any atom is -0.490 e. The normalized spacial score (nSPS) is 15.6. The summed E-state index contributed by atoms with van der Waals surface area (Å²) >= 11 is 11.8. The Balaban J connectivity index is 0.973. The van der Waals surface area contributed by atoms with Gasteiger partial charge in [0.2, 0.25) is 5.91 Å². The number of hydrogen-bond donors (Lipinski definition) is 4. The highest BCUT2D eigenvalue weighted by Crippen LogP contribution is 2.30. The first-order valence-electron chi connectivity index (χ1n) is 15.7. The van der Waals surface area contributed by atoms with Gasteiger partial charge in [0, 0.05) is 11.7 Å². The Bertz CT molecular complexity index is 1980. The fourth-order valence-electron chi connectivity index (χ4n) is 5.72. The zero-order valence-electron chi connectivity index (χ0n) is 26.1. The molecule has 4 N–H and O–H groups in total. The van der Waals surface area contributed by atoms with E-state index in [1.165, 1.54) is 18.2 Å². The van der Waals surface area contributed by atoms with Crippen LogP contribution in [0.15, 0.2) is 97.1 Å². The van der Waals surface area contributed by atoms with Gasteiger partial charge in [0.1, 0.15) is 27.6 Å². The minimum absolute atomic E-state index is 0.0342. The minimum atomic E-state index is -1.10. The highest BCUT2D eigenvalue weighted by atomic mass is 35.5. The van der Waals surface area contributed by atoms with Crippen LogP contribution in [-0.4, -0.2) is 40.1 Å². The van der Waals surface area contributed by atoms with Gasteiger partial charge in [-0.15, -0.1) is 0 Å². The second-order valence-corrected chi connectivity index (χ2v) is 12.5. The summed E-state index contributed by atoms with van der Waals surface area (Å²) in [6.07, 6.45) is 3.34. The van der Waals surface area contributed by atoms with Crippen LogP contribution < -0.4 is 25.4 Å². The molecular weight excluding hydrogens is 667 g/mol. The van der Waals surface area contributed by atoms with E-state index in [1.807, 2.05) is 36.4 Å². The van der Waals surface area contributed by atoms with Crippen molar-refractivity contribution in [3.63, 3.8) is 0 Å². The number of aromatic carboxylic acids is 1. The van der Waals surface area contributed by atoms with Crippen molar-refractivity contribution in [1.29, 1.82) is 0 Å². The summed E-state index contributed by atoms with van der Waals surface area (Å²) in [5.41, 5.74) is 1.54. The van der Waals surface area contributed by atoms with Gasteiger partial charge in [-0.1, -0.05) is 59.6 Å². The molecule has 0 saturated heterocycles. The van der Waals surface area contributed by atoms with Crippen molar-refractivity contribution in [3.8, 4) is 17.2 Å². The number of nitrogens with one attached hydrogen (secondary N) is 3. The van der Waals surface area contributed by atoms with Crippen LogP contribution in [0.2, 0.25) is 10.3 Å². The second kappa shape index (κ2) is 15.3. The Morgan fingerprint density at radius 3 is 2.08 bits per heavy atom. The molecule has 3 amide bonds. The van der Waals surface area contributed by atoms with Gasteiger partial charge in [0.15, 0.2) is 0 Å². The number of amides is 3. The molecule has 0 spiro atoms. The van der Waals surface area contributed by atoms with Gasteiger partial charge in [-0.05, 0) is 103 Å². The number of carboxylic acid groups (broad SMARTS) is 1. The average Bonchev–Trinajstić information content (AvgIpc) is 3.06. The van der Waals surface area contributed by atoms with Gasteiger partial charge in [0.05, 0.1) is 23.8 Å². The van der Waals surface area contributed by atoms with Crippen LogP contribution in [0.1, 0.15) is 41.6 Å². The number of hydrogen-bond acceptors (Lipinski definition) is 6. The number of aromatic nitrogens is 1. The smallest absolute Gasteiger partial charge is 0.337 e. The van der Waals surface area contributed by atoms with Crippen LogP contribution in [0.25, 0.3) is 10.8 Å². The molecule has 0 unspecified atom stereocenters. The number of benzene rings is 4. The Morgan fingerprint density at radius 2 is 1.39 bits per heavy atom. The standard InChI is InChI=1S/C37H32Cl2N4O6/c38-33-20-26(21-34(39)43-33)41-37(47)40-25-9-15-28(16-10-25)49-30-14-8-23-18-29(13-7-24(23)19-30)48-27-11-5-22(6-12-27)17-35(44)42-32-4-2-1-3-31(32)36(45)46/h1-8,11-14,18-21,25,28H,9-10,15-17H2,(H,42,44)(H,45,46)(H2,40,41,43,47). The summed E-state index contributed by atoms with van der Waals surface area (Å²) in [7, 11) is 0. The number of halogens is 2. The number of urea groups is 1. The number of carbonyl (C=O) groups excluding carboxylic acids is 2. The van der Waals surface area contributed by atoms with E-state index in [0.717, 1.165) is 47.8 Å². The summed E-state index contributed by atoms with van der Waals surface area (Å²) in [6, 6.07) is 28.0. The Hall–Kier alpha value is -5.32. The molecule has 1 heterocycles. The SMILES string of the molecule is O=C(Cc1ccc(Oc2ccc3cc(OC4CCC(NC(=O)Nc5cc(Cl)nc(Cl)c5)CC4)ccc3c2)cc1)Nc1ccccc1C(=O)O. The predicted molar refractivity (Wildman–Crippen MR) is 189 cm³/mol. The van der Waals surface area contributed by atoms with Gasteiger partial charge in [-0.2, -0.15) is 0 Å². The molecule has 250 valence electrons. The number of carboxylic acids is 1. The van der Waals surface area contributed by atoms with E-state index in [2.05, 4.69) is 20.9 Å². The molecule has 0 aliphatic heterocycles. The van der Waals surface area contributed by atoms with Gasteiger partial charge in [0.25, 0.3) is 0 Å². The number of para-hydroxylation sites is 1. The number of carbonyl (C=O) groups is 3. The van der Waals surface area contributed by atoms with Crippen LogP contribution in [0, 0.1) is 0 Å². The van der Waals surface area contributed by atoms with Crippen molar-refractivity contribution in [2.24, 2.45) is 0 Å². The van der Waals surface area contributed by atoms with E-state index in [4.69, 9.17) is 32.7 Å². The lowest BCUT2D eigenvalue weighted by Crippen LogP contribution is -2.41. The maximum absolute atomic E-state index is 12.5. The van der Waals surface area contributed by atoms with Crippen LogP contribution in [0.5, 0.6) is 17.2 Å². The second-order valence-electron chi connectivity index (χ2n) is 11.7.